The Morgan fingerprint density at radius 2 is 1.14 bits per heavy atom. The number of hydrogen-bond acceptors (Lipinski definition) is 6. The quantitative estimate of drug-likeness (QED) is 0.191. The zero-order chi connectivity index (χ0) is 27.1. The van der Waals surface area contributed by atoms with Crippen LogP contribution in [0.5, 0.6) is 0 Å². The lowest BCUT2D eigenvalue weighted by molar-refractivity contribution is -0.673. The van der Waals surface area contributed by atoms with E-state index in [1.54, 1.807) is 72.1 Å². The average Bonchev–Trinajstić information content (AvgIpc) is 3.32. The molecule has 0 unspecified atom stereocenters. The summed E-state index contributed by atoms with van der Waals surface area (Å²) >= 11 is 0. The first-order valence-corrected chi connectivity index (χ1v) is 14.5. The maximum Gasteiger partial charge on any atom is 0.247 e. The molecule has 3 rings (SSSR count). The molecular formula is C24H33N7O4S2+2. The second kappa shape index (κ2) is 12.4. The smallest absolute Gasteiger partial charge is 0.247 e. The van der Waals surface area contributed by atoms with Gasteiger partial charge in [-0.25, -0.2) is 35.4 Å². The third kappa shape index (κ3) is 7.64. The predicted octanol–water partition coefficient (Wildman–Crippen LogP) is -0.521. The van der Waals surface area contributed by atoms with Crippen LogP contribution in [-0.4, -0.2) is 48.0 Å². The number of nitrogens with one attached hydrogen (secondary N) is 3. The van der Waals surface area contributed by atoms with E-state index >= 15 is 0 Å². The van der Waals surface area contributed by atoms with Crippen molar-refractivity contribution in [2.75, 3.05) is 26.2 Å². The van der Waals surface area contributed by atoms with Crippen LogP contribution in [0.15, 0.2) is 58.8 Å². The normalized spacial score (nSPS) is 12.6. The predicted molar refractivity (Wildman–Crippen MR) is 142 cm³/mol. The molecule has 0 atom stereocenters. The van der Waals surface area contributed by atoms with Gasteiger partial charge >= 0.3 is 0 Å². The van der Waals surface area contributed by atoms with E-state index in [1.807, 2.05) is 12.1 Å². The third-order valence-electron chi connectivity index (χ3n) is 5.26. The lowest BCUT2D eigenvalue weighted by Gasteiger charge is -2.07. The fourth-order valence-electron chi connectivity index (χ4n) is 3.41. The van der Waals surface area contributed by atoms with Gasteiger partial charge in [-0.05, 0) is 24.3 Å². The molecule has 11 nitrogen and oxygen atoms in total. The Morgan fingerprint density at radius 1 is 0.730 bits per heavy atom. The Balaban J connectivity index is 1.84. The van der Waals surface area contributed by atoms with Gasteiger partial charge in [-0.2, -0.15) is 0 Å². The van der Waals surface area contributed by atoms with E-state index in [0.29, 0.717) is 11.1 Å². The number of nitrogens with zero attached hydrogens (tertiary/aromatic N) is 2. The molecule has 3 aromatic heterocycles. The van der Waals surface area contributed by atoms with Crippen molar-refractivity contribution < 1.29 is 26.0 Å². The number of hydrogen-bond donors (Lipinski definition) is 5. The molecule has 3 aromatic rings. The van der Waals surface area contributed by atoms with Crippen LogP contribution in [0.4, 0.5) is 0 Å². The highest BCUT2D eigenvalue weighted by atomic mass is 32.2. The van der Waals surface area contributed by atoms with E-state index in [9.17, 15) is 16.8 Å². The van der Waals surface area contributed by atoms with Crippen LogP contribution in [0.25, 0.3) is 24.3 Å². The van der Waals surface area contributed by atoms with Crippen molar-refractivity contribution in [3.8, 4) is 0 Å². The molecule has 0 fully saturated rings. The zero-order valence-electron chi connectivity index (χ0n) is 20.8. The number of sulfonamides is 2. The van der Waals surface area contributed by atoms with E-state index in [4.69, 9.17) is 11.5 Å². The highest BCUT2D eigenvalue weighted by Gasteiger charge is 2.21. The van der Waals surface area contributed by atoms with Gasteiger partial charge in [0, 0.05) is 60.8 Å². The maximum atomic E-state index is 12.7. The number of nitrogens with two attached hydrogens (primary N) is 2. The Kier molecular flexibility index (Phi) is 9.48. The maximum absolute atomic E-state index is 12.7. The molecular weight excluding hydrogens is 514 g/mol. The first-order valence-electron chi connectivity index (χ1n) is 11.5. The van der Waals surface area contributed by atoms with Gasteiger partial charge in [-0.15, -0.1) is 0 Å². The molecule has 3 heterocycles. The van der Waals surface area contributed by atoms with Gasteiger partial charge in [0.25, 0.3) is 0 Å². The summed E-state index contributed by atoms with van der Waals surface area (Å²) in [6, 6.07) is 7.11. The summed E-state index contributed by atoms with van der Waals surface area (Å²) in [5, 5.41) is 0. The molecule has 0 bridgehead atoms. The number of rotatable bonds is 12. The second-order valence-electron chi connectivity index (χ2n) is 8.27. The fourth-order valence-corrected chi connectivity index (χ4v) is 6.00. The second-order valence-corrected chi connectivity index (χ2v) is 11.7. The lowest BCUT2D eigenvalue weighted by atomic mass is 10.2. The van der Waals surface area contributed by atoms with E-state index in [-0.39, 0.29) is 36.0 Å². The molecule has 0 aliphatic rings. The van der Waals surface area contributed by atoms with Crippen molar-refractivity contribution in [3.05, 3.63) is 71.6 Å². The van der Waals surface area contributed by atoms with E-state index in [1.165, 1.54) is 12.4 Å². The molecule has 0 aliphatic heterocycles. The summed E-state index contributed by atoms with van der Waals surface area (Å²) in [6.07, 6.45) is 13.6. The standard InChI is InChI=1S/C24H32N7O4S2/c1-30-15-9-19(23(17-30)36(32,33)27-13-11-25)3-5-21-7-8-22(29-21)6-4-20-10-16-31(2)18-24(20)37(34,35)28-14-12-26/h3-10,15-18,27-28H,11-14,25-26H2,1-2H3/q+1/p+1. The van der Waals surface area contributed by atoms with Crippen molar-refractivity contribution in [1.82, 2.24) is 14.4 Å². The first-order chi connectivity index (χ1) is 17.6. The number of H-pyrrole nitrogens is 1. The molecule has 37 heavy (non-hydrogen) atoms. The fraction of sp³-hybridized carbons (Fsp3) is 0.250. The molecule has 0 aliphatic carbocycles. The lowest BCUT2D eigenvalue weighted by Crippen LogP contribution is -2.33. The molecule has 7 N–H and O–H groups in total. The molecule has 0 saturated heterocycles. The van der Waals surface area contributed by atoms with Crippen molar-refractivity contribution in [1.29, 1.82) is 0 Å². The molecule has 0 spiro atoms. The topological polar surface area (TPSA) is 168 Å². The van der Waals surface area contributed by atoms with Crippen LogP contribution < -0.4 is 30.0 Å². The summed E-state index contributed by atoms with van der Waals surface area (Å²) < 4.78 is 59.1. The average molecular weight is 548 g/mol. The summed E-state index contributed by atoms with van der Waals surface area (Å²) in [5.74, 6) is 0. The van der Waals surface area contributed by atoms with Crippen LogP contribution in [0.3, 0.4) is 0 Å². The van der Waals surface area contributed by atoms with Gasteiger partial charge in [0.15, 0.2) is 34.6 Å². The summed E-state index contributed by atoms with van der Waals surface area (Å²) in [7, 11) is -3.96. The van der Waals surface area contributed by atoms with Crippen molar-refractivity contribution in [3.63, 3.8) is 0 Å². The van der Waals surface area contributed by atoms with Crippen LogP contribution >= 0.6 is 0 Å². The summed E-state index contributed by atoms with van der Waals surface area (Å²) in [5.41, 5.74) is 13.4. The molecule has 0 radical (unpaired) electrons. The van der Waals surface area contributed by atoms with Crippen molar-refractivity contribution >= 4 is 44.4 Å². The van der Waals surface area contributed by atoms with Gasteiger partial charge in [-0.3, -0.25) is 0 Å². The zero-order valence-corrected chi connectivity index (χ0v) is 22.4. The minimum atomic E-state index is -3.73. The van der Waals surface area contributed by atoms with Gasteiger partial charge < -0.3 is 16.5 Å². The van der Waals surface area contributed by atoms with Crippen LogP contribution in [0.2, 0.25) is 0 Å². The molecule has 0 aromatic carbocycles. The highest BCUT2D eigenvalue weighted by molar-refractivity contribution is 7.89. The van der Waals surface area contributed by atoms with Gasteiger partial charge in [0.05, 0.1) is 0 Å². The number of aryl methyl sites for hydroxylation is 2. The van der Waals surface area contributed by atoms with Crippen LogP contribution in [0.1, 0.15) is 22.5 Å². The Morgan fingerprint density at radius 3 is 1.51 bits per heavy atom. The Hall–Kier alpha value is -3.20. The number of aromatic nitrogens is 3. The van der Waals surface area contributed by atoms with Crippen LogP contribution in [-0.2, 0) is 34.1 Å². The Labute approximate surface area is 217 Å². The SMILES string of the molecule is C[n+]1ccc(/C=C/c2ccc(/C=C/c3cc[n+](C)cc3S(=O)(=O)NCCN)[nH]2)c(S(=O)(=O)NCCN)c1. The van der Waals surface area contributed by atoms with Gasteiger partial charge in [0.1, 0.15) is 14.1 Å². The van der Waals surface area contributed by atoms with Crippen molar-refractivity contribution in [2.24, 2.45) is 25.6 Å². The minimum Gasteiger partial charge on any atom is -0.356 e. The number of pyridine rings is 2. The largest absolute Gasteiger partial charge is 0.356 e. The van der Waals surface area contributed by atoms with E-state index < -0.39 is 20.0 Å². The van der Waals surface area contributed by atoms with Gasteiger partial charge in [0.2, 0.25) is 20.0 Å². The number of aromatic amines is 1. The molecule has 0 saturated carbocycles. The summed E-state index contributed by atoms with van der Waals surface area (Å²) in [4.78, 5) is 3.50. The van der Waals surface area contributed by atoms with Crippen molar-refractivity contribution in [2.45, 2.75) is 9.79 Å². The third-order valence-corrected chi connectivity index (χ3v) is 8.27. The molecule has 0 amide bonds. The molecule has 13 heteroatoms. The monoisotopic (exact) mass is 547 g/mol. The highest BCUT2D eigenvalue weighted by Crippen LogP contribution is 2.19. The van der Waals surface area contributed by atoms with E-state index in [2.05, 4.69) is 14.4 Å². The Bertz CT molecular complexity index is 1400. The minimum absolute atomic E-state index is 0.141. The van der Waals surface area contributed by atoms with Gasteiger partial charge in [-0.1, -0.05) is 12.2 Å². The molecule has 198 valence electrons. The summed E-state index contributed by atoms with van der Waals surface area (Å²) in [6.45, 7) is 0.673. The first kappa shape index (κ1) is 28.4. The van der Waals surface area contributed by atoms with Crippen LogP contribution in [0, 0.1) is 0 Å². The van der Waals surface area contributed by atoms with E-state index in [0.717, 1.165) is 11.4 Å².